The van der Waals surface area contributed by atoms with Crippen LogP contribution in [0.4, 0.5) is 0 Å². The molecule has 0 spiro atoms. The van der Waals surface area contributed by atoms with E-state index in [-0.39, 0.29) is 18.4 Å². The molecule has 1 unspecified atom stereocenters. The second kappa shape index (κ2) is 6.61. The largest absolute Gasteiger partial charge is 0.493 e. The van der Waals surface area contributed by atoms with Crippen LogP contribution in [-0.2, 0) is 11.3 Å². The molecule has 20 heavy (non-hydrogen) atoms. The molecule has 0 saturated heterocycles. The Kier molecular flexibility index (Phi) is 4.84. The molecule has 1 aliphatic rings. The van der Waals surface area contributed by atoms with Gasteiger partial charge in [0.05, 0.1) is 19.6 Å². The zero-order valence-electron chi connectivity index (χ0n) is 12.0. The van der Waals surface area contributed by atoms with Crippen molar-refractivity contribution in [3.8, 4) is 11.5 Å². The Morgan fingerprint density at radius 2 is 2.25 bits per heavy atom. The first kappa shape index (κ1) is 14.7. The number of hydrogen-bond donors (Lipinski definition) is 2. The molecule has 1 aromatic carbocycles. The number of carbonyl (C=O) groups is 1. The number of primary amides is 1. The van der Waals surface area contributed by atoms with Gasteiger partial charge in [-0.15, -0.1) is 0 Å². The van der Waals surface area contributed by atoms with Crippen molar-refractivity contribution in [3.05, 3.63) is 23.8 Å². The van der Waals surface area contributed by atoms with Gasteiger partial charge < -0.3 is 20.5 Å². The standard InChI is InChI=1S/C15H22N2O3/c1-10(15(16)18)9-20-14-11(8-17-12-6-7-12)4-3-5-13(14)19-2/h3-5,10,12,17H,6-9H2,1-2H3,(H2,16,18). The minimum absolute atomic E-state index is 0.256. The van der Waals surface area contributed by atoms with E-state index < -0.39 is 0 Å². The van der Waals surface area contributed by atoms with Crippen LogP contribution in [0.1, 0.15) is 25.3 Å². The number of benzene rings is 1. The van der Waals surface area contributed by atoms with Gasteiger partial charge in [0.2, 0.25) is 5.91 Å². The molecule has 3 N–H and O–H groups in total. The van der Waals surface area contributed by atoms with E-state index >= 15 is 0 Å². The lowest BCUT2D eigenvalue weighted by atomic mass is 10.1. The van der Waals surface area contributed by atoms with Gasteiger partial charge in [-0.1, -0.05) is 19.1 Å². The van der Waals surface area contributed by atoms with Gasteiger partial charge in [-0.05, 0) is 18.9 Å². The minimum atomic E-state index is -0.363. The van der Waals surface area contributed by atoms with Crippen LogP contribution in [0, 0.1) is 5.92 Å². The fraction of sp³-hybridized carbons (Fsp3) is 0.533. The maximum absolute atomic E-state index is 11.1. The highest BCUT2D eigenvalue weighted by Crippen LogP contribution is 2.32. The normalized spacial score (nSPS) is 15.7. The van der Waals surface area contributed by atoms with Gasteiger partial charge in [0.25, 0.3) is 0 Å². The zero-order valence-corrected chi connectivity index (χ0v) is 12.0. The summed E-state index contributed by atoms with van der Waals surface area (Å²) in [5, 5.41) is 3.45. The minimum Gasteiger partial charge on any atom is -0.493 e. The molecule has 1 fully saturated rings. The van der Waals surface area contributed by atoms with E-state index in [2.05, 4.69) is 5.32 Å². The molecule has 1 atom stereocenters. The molecule has 0 bridgehead atoms. The Morgan fingerprint density at radius 1 is 1.50 bits per heavy atom. The van der Waals surface area contributed by atoms with Crippen LogP contribution in [0.5, 0.6) is 11.5 Å². The van der Waals surface area contributed by atoms with E-state index in [9.17, 15) is 4.79 Å². The van der Waals surface area contributed by atoms with E-state index in [1.54, 1.807) is 14.0 Å². The molecule has 110 valence electrons. The highest BCUT2D eigenvalue weighted by Gasteiger charge is 2.21. The molecule has 0 aliphatic heterocycles. The number of methoxy groups -OCH3 is 1. The number of nitrogens with one attached hydrogen (secondary N) is 1. The van der Waals surface area contributed by atoms with Crippen molar-refractivity contribution in [1.29, 1.82) is 0 Å². The summed E-state index contributed by atoms with van der Waals surface area (Å²) >= 11 is 0. The molecule has 5 heteroatoms. The number of nitrogens with two attached hydrogens (primary N) is 1. The van der Waals surface area contributed by atoms with Gasteiger partial charge in [0.15, 0.2) is 11.5 Å². The van der Waals surface area contributed by atoms with E-state index in [0.717, 1.165) is 12.1 Å². The van der Waals surface area contributed by atoms with Crippen LogP contribution in [0.15, 0.2) is 18.2 Å². The van der Waals surface area contributed by atoms with E-state index in [0.29, 0.717) is 17.5 Å². The summed E-state index contributed by atoms with van der Waals surface area (Å²) in [6, 6.07) is 6.42. The quantitative estimate of drug-likeness (QED) is 0.755. The number of ether oxygens (including phenoxy) is 2. The van der Waals surface area contributed by atoms with Gasteiger partial charge in [0.1, 0.15) is 0 Å². The molecule has 1 amide bonds. The van der Waals surface area contributed by atoms with Crippen molar-refractivity contribution >= 4 is 5.91 Å². The maximum Gasteiger partial charge on any atom is 0.223 e. The SMILES string of the molecule is COc1cccc(CNC2CC2)c1OCC(C)C(N)=O. The van der Waals surface area contributed by atoms with Gasteiger partial charge in [-0.3, -0.25) is 4.79 Å². The Labute approximate surface area is 119 Å². The van der Waals surface area contributed by atoms with E-state index in [1.807, 2.05) is 18.2 Å². The van der Waals surface area contributed by atoms with Crippen molar-refractivity contribution < 1.29 is 14.3 Å². The molecule has 5 nitrogen and oxygen atoms in total. The summed E-state index contributed by atoms with van der Waals surface area (Å²) in [4.78, 5) is 11.1. The first-order chi connectivity index (χ1) is 9.61. The predicted octanol–water partition coefficient (Wildman–Crippen LogP) is 1.45. The third-order valence-electron chi connectivity index (χ3n) is 3.40. The molecule has 2 rings (SSSR count). The van der Waals surface area contributed by atoms with Gasteiger partial charge in [-0.2, -0.15) is 0 Å². The molecule has 0 heterocycles. The van der Waals surface area contributed by atoms with Crippen LogP contribution in [-0.4, -0.2) is 25.7 Å². The molecular weight excluding hydrogens is 256 g/mol. The second-order valence-electron chi connectivity index (χ2n) is 5.22. The zero-order chi connectivity index (χ0) is 14.5. The van der Waals surface area contributed by atoms with Gasteiger partial charge in [-0.25, -0.2) is 0 Å². The number of amides is 1. The fourth-order valence-corrected chi connectivity index (χ4v) is 1.86. The Hall–Kier alpha value is -1.75. The second-order valence-corrected chi connectivity index (χ2v) is 5.22. The average molecular weight is 278 g/mol. The summed E-state index contributed by atoms with van der Waals surface area (Å²) in [5.74, 6) is 0.676. The maximum atomic E-state index is 11.1. The first-order valence-corrected chi connectivity index (χ1v) is 6.93. The topological polar surface area (TPSA) is 73.6 Å². The van der Waals surface area contributed by atoms with Crippen molar-refractivity contribution in [1.82, 2.24) is 5.32 Å². The third kappa shape index (κ3) is 3.87. The third-order valence-corrected chi connectivity index (χ3v) is 3.40. The predicted molar refractivity (Wildman–Crippen MR) is 76.7 cm³/mol. The monoisotopic (exact) mass is 278 g/mol. The highest BCUT2D eigenvalue weighted by atomic mass is 16.5. The lowest BCUT2D eigenvalue weighted by Gasteiger charge is -2.17. The number of rotatable bonds is 8. The lowest BCUT2D eigenvalue weighted by Crippen LogP contribution is -2.26. The van der Waals surface area contributed by atoms with E-state index in [1.165, 1.54) is 12.8 Å². The van der Waals surface area contributed by atoms with Crippen molar-refractivity contribution in [2.75, 3.05) is 13.7 Å². The molecular formula is C15H22N2O3. The number of hydrogen-bond acceptors (Lipinski definition) is 4. The molecule has 1 aliphatic carbocycles. The molecule has 0 radical (unpaired) electrons. The summed E-state index contributed by atoms with van der Waals surface area (Å²) in [6.07, 6.45) is 2.47. The van der Waals surface area contributed by atoms with Crippen LogP contribution < -0.4 is 20.5 Å². The number of carbonyl (C=O) groups excluding carboxylic acids is 1. The van der Waals surface area contributed by atoms with E-state index in [4.69, 9.17) is 15.2 Å². The molecule has 0 aromatic heterocycles. The van der Waals surface area contributed by atoms with Crippen molar-refractivity contribution in [3.63, 3.8) is 0 Å². The first-order valence-electron chi connectivity index (χ1n) is 6.93. The van der Waals surface area contributed by atoms with Crippen LogP contribution in [0.3, 0.4) is 0 Å². The lowest BCUT2D eigenvalue weighted by molar-refractivity contribution is -0.122. The Balaban J connectivity index is 2.07. The summed E-state index contributed by atoms with van der Waals surface area (Å²) in [5.41, 5.74) is 6.29. The Bertz CT molecular complexity index is 472. The number of para-hydroxylation sites is 1. The van der Waals surface area contributed by atoms with Crippen LogP contribution in [0.2, 0.25) is 0 Å². The molecule has 1 saturated carbocycles. The van der Waals surface area contributed by atoms with Crippen molar-refractivity contribution in [2.45, 2.75) is 32.4 Å². The summed E-state index contributed by atoms with van der Waals surface area (Å²) in [6.45, 7) is 2.74. The van der Waals surface area contributed by atoms with Crippen LogP contribution in [0.25, 0.3) is 0 Å². The summed E-state index contributed by atoms with van der Waals surface area (Å²) < 4.78 is 11.1. The fourth-order valence-electron chi connectivity index (χ4n) is 1.86. The van der Waals surface area contributed by atoms with Gasteiger partial charge >= 0.3 is 0 Å². The highest BCUT2D eigenvalue weighted by molar-refractivity contribution is 5.76. The van der Waals surface area contributed by atoms with Gasteiger partial charge in [0, 0.05) is 18.2 Å². The molecule has 1 aromatic rings. The Morgan fingerprint density at radius 3 is 2.85 bits per heavy atom. The van der Waals surface area contributed by atoms with Crippen molar-refractivity contribution in [2.24, 2.45) is 11.7 Å². The average Bonchev–Trinajstić information content (AvgIpc) is 3.26. The smallest absolute Gasteiger partial charge is 0.223 e. The van der Waals surface area contributed by atoms with Crippen LogP contribution >= 0.6 is 0 Å². The summed E-state index contributed by atoms with van der Waals surface area (Å²) in [7, 11) is 1.61.